The van der Waals surface area contributed by atoms with E-state index in [2.05, 4.69) is 5.32 Å². The van der Waals surface area contributed by atoms with Crippen LogP contribution in [-0.2, 0) is 0 Å². The van der Waals surface area contributed by atoms with Crippen molar-refractivity contribution in [2.45, 2.75) is 38.1 Å². The minimum Gasteiger partial charge on any atom is -0.314 e. The predicted octanol–water partition coefficient (Wildman–Crippen LogP) is 1.54. The molecule has 2 aliphatic rings. The summed E-state index contributed by atoms with van der Waals surface area (Å²) >= 11 is 0. The van der Waals surface area contributed by atoms with Crippen LogP contribution in [0.5, 0.6) is 0 Å². The van der Waals surface area contributed by atoms with Crippen molar-refractivity contribution < 1.29 is 0 Å². The molecule has 0 radical (unpaired) electrons. The third-order valence-electron chi connectivity index (χ3n) is 2.54. The van der Waals surface area contributed by atoms with Gasteiger partial charge >= 0.3 is 0 Å². The van der Waals surface area contributed by atoms with Crippen molar-refractivity contribution >= 4 is 0 Å². The molecule has 1 heterocycles. The Morgan fingerprint density at radius 1 is 1.00 bits per heavy atom. The zero-order valence-corrected chi connectivity index (χ0v) is 5.90. The Morgan fingerprint density at radius 2 is 1.89 bits per heavy atom. The minimum absolute atomic E-state index is 0.916. The van der Waals surface area contributed by atoms with Gasteiger partial charge in [0.25, 0.3) is 0 Å². The van der Waals surface area contributed by atoms with Gasteiger partial charge in [0.2, 0.25) is 0 Å². The molecule has 52 valence electrons. The maximum absolute atomic E-state index is 3.58. The SMILES string of the molecule is C1CCC(C2CC2)NC1. The molecule has 1 aliphatic heterocycles. The first-order valence-corrected chi connectivity index (χ1v) is 4.20. The summed E-state index contributed by atoms with van der Waals surface area (Å²) in [6.45, 7) is 1.28. The summed E-state index contributed by atoms with van der Waals surface area (Å²) in [4.78, 5) is 0. The monoisotopic (exact) mass is 125 g/mol. The Bertz CT molecular complexity index is 90.7. The summed E-state index contributed by atoms with van der Waals surface area (Å²) in [5.74, 6) is 1.07. The second kappa shape index (κ2) is 2.30. The van der Waals surface area contributed by atoms with Crippen molar-refractivity contribution in [3.8, 4) is 0 Å². The third kappa shape index (κ3) is 1.26. The van der Waals surface area contributed by atoms with E-state index >= 15 is 0 Å². The topological polar surface area (TPSA) is 12.0 Å². The average molecular weight is 125 g/mol. The van der Waals surface area contributed by atoms with Gasteiger partial charge in [-0.3, -0.25) is 0 Å². The van der Waals surface area contributed by atoms with Gasteiger partial charge < -0.3 is 5.32 Å². The van der Waals surface area contributed by atoms with Crippen LogP contribution in [0.3, 0.4) is 0 Å². The van der Waals surface area contributed by atoms with E-state index in [0.29, 0.717) is 0 Å². The summed E-state index contributed by atoms with van der Waals surface area (Å²) in [6.07, 6.45) is 7.32. The normalized spacial score (nSPS) is 36.7. The third-order valence-corrected chi connectivity index (χ3v) is 2.54. The minimum atomic E-state index is 0.916. The summed E-state index contributed by atoms with van der Waals surface area (Å²) in [6, 6.07) is 0.916. The van der Waals surface area contributed by atoms with Crippen LogP contribution in [0.25, 0.3) is 0 Å². The van der Waals surface area contributed by atoms with Gasteiger partial charge in [-0.25, -0.2) is 0 Å². The maximum atomic E-state index is 3.58. The first-order valence-electron chi connectivity index (χ1n) is 4.20. The first-order chi connectivity index (χ1) is 4.47. The van der Waals surface area contributed by atoms with Gasteiger partial charge in [-0.05, 0) is 38.1 Å². The fraction of sp³-hybridized carbons (Fsp3) is 1.00. The lowest BCUT2D eigenvalue weighted by molar-refractivity contribution is 0.368. The van der Waals surface area contributed by atoms with Crippen LogP contribution in [0.2, 0.25) is 0 Å². The van der Waals surface area contributed by atoms with Gasteiger partial charge in [0.05, 0.1) is 0 Å². The number of hydrogen-bond donors (Lipinski definition) is 1. The Morgan fingerprint density at radius 3 is 2.44 bits per heavy atom. The molecule has 2 fully saturated rings. The lowest BCUT2D eigenvalue weighted by Gasteiger charge is -2.22. The van der Waals surface area contributed by atoms with Crippen molar-refractivity contribution in [2.75, 3.05) is 6.54 Å². The highest BCUT2D eigenvalue weighted by Crippen LogP contribution is 2.35. The zero-order chi connectivity index (χ0) is 6.10. The van der Waals surface area contributed by atoms with E-state index in [-0.39, 0.29) is 0 Å². The first kappa shape index (κ1) is 5.72. The van der Waals surface area contributed by atoms with E-state index in [9.17, 15) is 0 Å². The van der Waals surface area contributed by atoms with Crippen LogP contribution in [-0.4, -0.2) is 12.6 Å². The molecule has 1 atom stereocenters. The molecule has 0 aromatic carbocycles. The van der Waals surface area contributed by atoms with E-state index in [4.69, 9.17) is 0 Å². The van der Waals surface area contributed by atoms with Crippen molar-refractivity contribution in [2.24, 2.45) is 5.92 Å². The molecule has 0 aromatic rings. The van der Waals surface area contributed by atoms with Gasteiger partial charge in [0.15, 0.2) is 0 Å². The standard InChI is InChI=1S/C8H15N/c1-2-6-9-8(3-1)7-4-5-7/h7-9H,1-6H2. The quantitative estimate of drug-likeness (QED) is 0.560. The second-order valence-corrected chi connectivity index (χ2v) is 3.39. The number of rotatable bonds is 1. The summed E-state index contributed by atoms with van der Waals surface area (Å²) in [7, 11) is 0. The number of hydrogen-bond acceptors (Lipinski definition) is 1. The van der Waals surface area contributed by atoms with Crippen LogP contribution < -0.4 is 5.32 Å². The molecule has 1 aliphatic carbocycles. The summed E-state index contributed by atoms with van der Waals surface area (Å²) in [5.41, 5.74) is 0. The lowest BCUT2D eigenvalue weighted by Crippen LogP contribution is -2.35. The Kier molecular flexibility index (Phi) is 1.46. The fourth-order valence-corrected chi connectivity index (χ4v) is 1.78. The molecule has 9 heavy (non-hydrogen) atoms. The Labute approximate surface area is 56.8 Å². The van der Waals surface area contributed by atoms with Gasteiger partial charge in [-0.2, -0.15) is 0 Å². The molecule has 1 N–H and O–H groups in total. The Balaban J connectivity index is 1.80. The van der Waals surface area contributed by atoms with Gasteiger partial charge in [-0.1, -0.05) is 6.42 Å². The molecule has 2 rings (SSSR count). The van der Waals surface area contributed by atoms with Crippen molar-refractivity contribution in [3.63, 3.8) is 0 Å². The smallest absolute Gasteiger partial charge is 0.00953 e. The van der Waals surface area contributed by atoms with Gasteiger partial charge in [0, 0.05) is 6.04 Å². The molecule has 1 saturated carbocycles. The van der Waals surface area contributed by atoms with Crippen molar-refractivity contribution in [1.82, 2.24) is 5.32 Å². The van der Waals surface area contributed by atoms with Crippen LogP contribution >= 0.6 is 0 Å². The highest BCUT2D eigenvalue weighted by molar-refractivity contribution is 4.87. The van der Waals surface area contributed by atoms with E-state index in [1.165, 1.54) is 38.6 Å². The molecular formula is C8H15N. The second-order valence-electron chi connectivity index (χ2n) is 3.39. The maximum Gasteiger partial charge on any atom is 0.00953 e. The van der Waals surface area contributed by atoms with Crippen LogP contribution in [0.15, 0.2) is 0 Å². The molecule has 0 spiro atoms. The zero-order valence-electron chi connectivity index (χ0n) is 5.90. The summed E-state index contributed by atoms with van der Waals surface area (Å²) < 4.78 is 0. The fourth-order valence-electron chi connectivity index (χ4n) is 1.78. The van der Waals surface area contributed by atoms with Crippen LogP contribution in [0.1, 0.15) is 32.1 Å². The van der Waals surface area contributed by atoms with Crippen molar-refractivity contribution in [3.05, 3.63) is 0 Å². The molecule has 0 bridgehead atoms. The van der Waals surface area contributed by atoms with Crippen LogP contribution in [0.4, 0.5) is 0 Å². The molecule has 1 heteroatoms. The highest BCUT2D eigenvalue weighted by atomic mass is 14.9. The average Bonchev–Trinajstić information content (AvgIpc) is 2.71. The number of nitrogens with one attached hydrogen (secondary N) is 1. The Hall–Kier alpha value is -0.0400. The van der Waals surface area contributed by atoms with E-state index < -0.39 is 0 Å². The molecule has 0 amide bonds. The van der Waals surface area contributed by atoms with E-state index in [0.717, 1.165) is 12.0 Å². The van der Waals surface area contributed by atoms with Crippen molar-refractivity contribution in [1.29, 1.82) is 0 Å². The lowest BCUT2D eigenvalue weighted by atomic mass is 10.0. The molecular weight excluding hydrogens is 110 g/mol. The molecule has 1 unspecified atom stereocenters. The molecule has 1 saturated heterocycles. The van der Waals surface area contributed by atoms with E-state index in [1.807, 2.05) is 0 Å². The molecule has 0 aromatic heterocycles. The van der Waals surface area contributed by atoms with Gasteiger partial charge in [-0.15, -0.1) is 0 Å². The van der Waals surface area contributed by atoms with Gasteiger partial charge in [0.1, 0.15) is 0 Å². The highest BCUT2D eigenvalue weighted by Gasteiger charge is 2.31. The summed E-state index contributed by atoms with van der Waals surface area (Å²) in [5, 5.41) is 3.58. The molecule has 1 nitrogen and oxygen atoms in total. The predicted molar refractivity (Wildman–Crippen MR) is 38.4 cm³/mol. The number of piperidine rings is 1. The van der Waals surface area contributed by atoms with Crippen LogP contribution in [0, 0.1) is 5.92 Å². The van der Waals surface area contributed by atoms with E-state index in [1.54, 1.807) is 0 Å². The largest absolute Gasteiger partial charge is 0.314 e.